The maximum atomic E-state index is 14.2. The van der Waals surface area contributed by atoms with Gasteiger partial charge >= 0.3 is 11.4 Å². The minimum absolute atomic E-state index is 0. The number of methoxy groups -OCH3 is 4. The number of rotatable bonds is 24. The Bertz CT molecular complexity index is 3900. The number of likely N-dealkylation sites (tertiary alicyclic amines) is 2. The highest BCUT2D eigenvalue weighted by Gasteiger charge is 2.63. The smallest absolute Gasteiger partial charge is 0.403 e. The molecule has 4 aromatic rings. The number of sulfone groups is 2. The van der Waals surface area contributed by atoms with Crippen LogP contribution in [-0.4, -0.2) is 188 Å². The van der Waals surface area contributed by atoms with Gasteiger partial charge in [-0.25, -0.2) is 31.6 Å². The van der Waals surface area contributed by atoms with E-state index in [0.717, 1.165) is 16.2 Å². The summed E-state index contributed by atoms with van der Waals surface area (Å²) >= 11 is 4.60. The molecule has 4 amide bonds. The molecule has 6 aliphatic rings. The zero-order valence-electron chi connectivity index (χ0n) is 56.0. The van der Waals surface area contributed by atoms with Gasteiger partial charge in [-0.05, 0) is 109 Å². The molecule has 0 bridgehead atoms. The number of hydrogen-bond donors (Lipinski definition) is 3. The second-order valence-electron chi connectivity index (χ2n) is 27.2. The number of nitrogens with zero attached hydrogens (tertiary/aromatic N) is 4. The molecular weight excluding hydrogens is 1370 g/mol. The molecule has 2 aromatic carbocycles. The van der Waals surface area contributed by atoms with Gasteiger partial charge in [0, 0.05) is 59.4 Å². The molecule has 2 aromatic heterocycles. The first kappa shape index (κ1) is 81.5. The van der Waals surface area contributed by atoms with E-state index < -0.39 is 158 Å². The van der Waals surface area contributed by atoms with E-state index in [1.807, 2.05) is 77.9 Å². The van der Waals surface area contributed by atoms with Gasteiger partial charge in [0.05, 0.1) is 70.4 Å². The Hall–Kier alpha value is -7.17. The SMILES string of the molecule is C.C=C[C@@H]1C[C@]1(NC(=O)[C@@H]1C[C@@H](Oc2nccc3cc(OC)ccc23)CN1C(=O)[C@@H](CC(=O)OC)C(C)(C)C)C(=O)CS(=O)(=O)C1CC1.C=C[C@@H]1C[C@]1(NC(=O)[C@@H]1C[C@@H](Oc2nccc3cc(OC)ccc23)CN1C(=O)[C@@H](N)C(C)(C)C)C(=O)CS(=O)(=O)C1CC1.COC(=O)Cl.Cl.Cl. The number of fused-ring (bicyclic) bond motifs is 2. The number of aromatic nitrogens is 2. The monoisotopic (exact) mass is 1460 g/mol. The molecule has 4 aliphatic carbocycles. The number of nitrogens with one attached hydrogen (secondary N) is 2. The average molecular weight is 1470 g/mol. The van der Waals surface area contributed by atoms with Crippen LogP contribution < -0.4 is 35.3 Å². The molecule has 10 atom stereocenters. The lowest BCUT2D eigenvalue weighted by Gasteiger charge is -2.34. The van der Waals surface area contributed by atoms with Gasteiger partial charge in [0.2, 0.25) is 35.4 Å². The number of pyridine rings is 2. The van der Waals surface area contributed by atoms with Crippen LogP contribution in [0.3, 0.4) is 0 Å². The van der Waals surface area contributed by atoms with Gasteiger partial charge in [-0.1, -0.05) is 61.1 Å². The van der Waals surface area contributed by atoms with Crippen molar-refractivity contribution in [2.24, 2.45) is 34.3 Å². The quantitative estimate of drug-likeness (QED) is 0.0344. The van der Waals surface area contributed by atoms with Gasteiger partial charge in [0.25, 0.3) is 0 Å². The van der Waals surface area contributed by atoms with Crippen molar-refractivity contribution in [3.8, 4) is 23.3 Å². The third kappa shape index (κ3) is 18.8. The molecule has 4 heterocycles. The molecule has 6 fully saturated rings. The van der Waals surface area contributed by atoms with Crippen LogP contribution in [0.4, 0.5) is 4.79 Å². The minimum atomic E-state index is -3.63. The Morgan fingerprint density at radius 1 is 0.643 bits per heavy atom. The number of hydrogen-bond acceptors (Lipinski definition) is 21. The number of nitrogens with two attached hydrogens (primary N) is 1. The number of benzene rings is 2. The molecule has 4 saturated carbocycles. The van der Waals surface area contributed by atoms with E-state index in [1.165, 1.54) is 24.0 Å². The lowest BCUT2D eigenvalue weighted by Crippen LogP contribution is -2.57. The van der Waals surface area contributed by atoms with Gasteiger partial charge in [-0.3, -0.25) is 33.6 Å². The molecule has 0 unspecified atom stereocenters. The first-order valence-corrected chi connectivity index (χ1v) is 35.2. The first-order chi connectivity index (χ1) is 44.6. The average Bonchev–Trinajstić information content (AvgIpc) is 1.58. The number of carbonyl (C=O) groups excluding carboxylic acids is 8. The molecule has 98 heavy (non-hydrogen) atoms. The van der Waals surface area contributed by atoms with Crippen LogP contribution in [0.5, 0.6) is 23.3 Å². The fourth-order valence-electron chi connectivity index (χ4n) is 12.1. The zero-order valence-corrected chi connectivity index (χ0v) is 60.1. The number of esters is 1. The van der Waals surface area contributed by atoms with Gasteiger partial charge < -0.3 is 54.6 Å². The second-order valence-corrected chi connectivity index (χ2v) is 32.1. The summed E-state index contributed by atoms with van der Waals surface area (Å²) in [5, 5.41) is 7.80. The first-order valence-electron chi connectivity index (χ1n) is 31.3. The summed E-state index contributed by atoms with van der Waals surface area (Å²) in [5.74, 6) is -4.65. The van der Waals surface area contributed by atoms with Gasteiger partial charge in [0.1, 0.15) is 58.4 Å². The number of carbonyl (C=O) groups is 8. The normalized spacial score (nSPS) is 23.6. The molecular formula is C68H92Cl3N7O18S2. The van der Waals surface area contributed by atoms with Crippen molar-refractivity contribution in [2.75, 3.05) is 53.0 Å². The highest BCUT2D eigenvalue weighted by molar-refractivity contribution is 7.93. The van der Waals surface area contributed by atoms with E-state index in [-0.39, 0.29) is 77.4 Å². The van der Waals surface area contributed by atoms with Crippen LogP contribution >= 0.6 is 36.4 Å². The fraction of sp³-hybridized carbons (Fsp3) is 0.559. The Balaban J connectivity index is 0.000000323. The molecule has 10 rings (SSSR count). The van der Waals surface area contributed by atoms with Crippen LogP contribution in [0, 0.1) is 28.6 Å². The minimum Gasteiger partial charge on any atom is -0.497 e. The Morgan fingerprint density at radius 2 is 1.03 bits per heavy atom. The van der Waals surface area contributed by atoms with E-state index in [2.05, 4.69) is 50.1 Å². The summed E-state index contributed by atoms with van der Waals surface area (Å²) in [7, 11) is -1.59. The van der Waals surface area contributed by atoms with Crippen molar-refractivity contribution in [1.82, 2.24) is 30.4 Å². The van der Waals surface area contributed by atoms with Crippen LogP contribution in [0.25, 0.3) is 21.5 Å². The number of amides is 4. The summed E-state index contributed by atoms with van der Waals surface area (Å²) in [6.45, 7) is 18.7. The van der Waals surface area contributed by atoms with Gasteiger partial charge in [-0.15, -0.1) is 38.0 Å². The molecule has 2 saturated heterocycles. The highest BCUT2D eigenvalue weighted by Crippen LogP contribution is 2.48. The highest BCUT2D eigenvalue weighted by atomic mass is 35.5. The molecule has 30 heteroatoms. The molecule has 540 valence electrons. The third-order valence-electron chi connectivity index (χ3n) is 18.4. The molecule has 0 spiro atoms. The van der Waals surface area contributed by atoms with Crippen molar-refractivity contribution in [3.05, 3.63) is 86.2 Å². The van der Waals surface area contributed by atoms with Crippen LogP contribution in [0.2, 0.25) is 0 Å². The fourth-order valence-corrected chi connectivity index (χ4v) is 15.5. The number of halogens is 3. The lowest BCUT2D eigenvalue weighted by atomic mass is 9.77. The molecule has 0 radical (unpaired) electrons. The maximum absolute atomic E-state index is 14.2. The molecule has 2 aliphatic heterocycles. The number of ketones is 2. The number of ether oxygens (including phenoxy) is 6. The van der Waals surface area contributed by atoms with Crippen molar-refractivity contribution in [3.63, 3.8) is 0 Å². The van der Waals surface area contributed by atoms with E-state index >= 15 is 0 Å². The van der Waals surface area contributed by atoms with Crippen molar-refractivity contribution in [1.29, 1.82) is 0 Å². The summed E-state index contributed by atoms with van der Waals surface area (Å²) in [6, 6.07) is 11.6. The van der Waals surface area contributed by atoms with Gasteiger partial charge in [-0.2, -0.15) is 0 Å². The second kappa shape index (κ2) is 32.4. The third-order valence-corrected chi connectivity index (χ3v) is 22.9. The van der Waals surface area contributed by atoms with Crippen LogP contribution in [0.15, 0.2) is 86.2 Å². The maximum Gasteiger partial charge on any atom is 0.403 e. The van der Waals surface area contributed by atoms with Crippen molar-refractivity contribution >= 4 is 124 Å². The summed E-state index contributed by atoms with van der Waals surface area (Å²) in [6.07, 6.45) is 7.69. The molecule has 4 N–H and O–H groups in total. The molecule has 25 nitrogen and oxygen atoms in total. The van der Waals surface area contributed by atoms with Crippen LogP contribution in [-0.2, 0) is 62.7 Å². The largest absolute Gasteiger partial charge is 0.497 e. The number of Topliss-reactive ketones (excluding diaryl/α,β-unsaturated/α-hetero) is 2. The summed E-state index contributed by atoms with van der Waals surface area (Å²) in [4.78, 5) is 116. The van der Waals surface area contributed by atoms with E-state index in [4.69, 9.17) is 29.4 Å². The Morgan fingerprint density at radius 3 is 1.35 bits per heavy atom. The predicted octanol–water partition coefficient (Wildman–Crippen LogP) is 7.67. The summed E-state index contributed by atoms with van der Waals surface area (Å²) < 4.78 is 82.7. The van der Waals surface area contributed by atoms with E-state index in [0.29, 0.717) is 54.3 Å². The van der Waals surface area contributed by atoms with Gasteiger partial charge in [0.15, 0.2) is 31.2 Å². The zero-order chi connectivity index (χ0) is 69.9. The van der Waals surface area contributed by atoms with E-state index in [1.54, 1.807) is 50.9 Å². The van der Waals surface area contributed by atoms with Crippen molar-refractivity contribution < 1.29 is 83.6 Å². The van der Waals surface area contributed by atoms with Crippen LogP contribution in [0.1, 0.15) is 107 Å². The summed E-state index contributed by atoms with van der Waals surface area (Å²) in [5.41, 5.74) is 1.55. The van der Waals surface area contributed by atoms with Crippen molar-refractivity contribution in [2.45, 2.75) is 159 Å². The lowest BCUT2D eigenvalue weighted by molar-refractivity contribution is -0.151. The van der Waals surface area contributed by atoms with E-state index in [9.17, 15) is 55.2 Å². The standard InChI is InChI=1S/C34H43N3O9S.C31H40N4O7S.C2H3ClO2.CH4.2ClH/c1-7-21-17-34(21,28(38)19-47(42,43)24-9-10-24)36-30(40)27-15-23(18-37(27)32(41)26(33(2,3)4)16-29(39)45-6)46-31-25-11-8-22(44-5)14-20(25)12-13-35-31;1-6-19-15-31(19,25(36)17-43(39,40)22-8-9-22)34-27(37)24-14-21(16-35(24)29(38)26(32)30(2,3)4)42-28-23-10-7-20(41-5)13-18(23)11-12-33-28;1-5-2(3)4;;;/h7-8,11-14,21,23-24,26-27H,1,9-10,15-19H2,2-6H3,(H,36,40);6-7,10-13,19,21-22,24,26H,1,8-9,14-17,32H2,2-5H3,(H,34,37);1H3;1H4;2*1H/t21-,23-,26-,27+,34-;19-,21-,24+,26-,31-;;;;/m11..../s1. The predicted molar refractivity (Wildman–Crippen MR) is 374 cm³/mol. The Kier molecular flexibility index (Phi) is 27.0. The topological polar surface area (TPSA) is 343 Å². The Labute approximate surface area is 590 Å².